The highest BCUT2D eigenvalue weighted by molar-refractivity contribution is 5.75. The van der Waals surface area contributed by atoms with Gasteiger partial charge in [-0.1, -0.05) is 30.4 Å². The van der Waals surface area contributed by atoms with Crippen LogP contribution in [0.1, 0.15) is 18.4 Å². The van der Waals surface area contributed by atoms with E-state index in [1.165, 1.54) is 17.6 Å². The Kier molecular flexibility index (Phi) is 3.20. The fourth-order valence-electron chi connectivity index (χ4n) is 1.72. The lowest BCUT2D eigenvalue weighted by Crippen LogP contribution is -2.14. The van der Waals surface area contributed by atoms with Gasteiger partial charge in [-0.15, -0.1) is 0 Å². The molecule has 0 fully saturated rings. The van der Waals surface area contributed by atoms with Crippen molar-refractivity contribution in [3.63, 3.8) is 0 Å². The van der Waals surface area contributed by atoms with Crippen LogP contribution in [0.4, 0.5) is 5.69 Å². The minimum absolute atomic E-state index is 1.08. The maximum atomic E-state index is 3.05. The second kappa shape index (κ2) is 4.80. The Labute approximate surface area is 90.7 Å². The maximum Gasteiger partial charge on any atom is 0.0487 e. The van der Waals surface area contributed by atoms with Gasteiger partial charge in [0.25, 0.3) is 0 Å². The molecular weight excluding hydrogens is 184 g/mol. The van der Waals surface area contributed by atoms with Crippen LogP contribution >= 0.6 is 0 Å². The van der Waals surface area contributed by atoms with Crippen molar-refractivity contribution >= 4 is 11.3 Å². The topological polar surface area (TPSA) is 24.1 Å². The standard InChI is InChI=1S/C13H16N2/c1-14-15-13-9-7-12(8-10-13)11-5-3-2-4-6-11/h3,5-10,14-15H,2,4H2,1H3. The van der Waals surface area contributed by atoms with Crippen LogP contribution in [0.5, 0.6) is 0 Å². The van der Waals surface area contributed by atoms with E-state index < -0.39 is 0 Å². The van der Waals surface area contributed by atoms with Crippen molar-refractivity contribution in [1.29, 1.82) is 0 Å². The second-order valence-electron chi connectivity index (χ2n) is 3.59. The molecule has 0 saturated heterocycles. The predicted molar refractivity (Wildman–Crippen MR) is 65.5 cm³/mol. The quantitative estimate of drug-likeness (QED) is 0.733. The zero-order valence-corrected chi connectivity index (χ0v) is 8.96. The molecule has 1 aromatic carbocycles. The van der Waals surface area contributed by atoms with Gasteiger partial charge in [0, 0.05) is 12.7 Å². The van der Waals surface area contributed by atoms with Crippen molar-refractivity contribution in [3.8, 4) is 0 Å². The first-order valence-electron chi connectivity index (χ1n) is 5.30. The monoisotopic (exact) mass is 200 g/mol. The zero-order chi connectivity index (χ0) is 10.5. The molecule has 2 nitrogen and oxygen atoms in total. The molecule has 0 aliphatic heterocycles. The number of rotatable bonds is 3. The Morgan fingerprint density at radius 2 is 1.87 bits per heavy atom. The van der Waals surface area contributed by atoms with E-state index in [0.717, 1.165) is 12.1 Å². The van der Waals surface area contributed by atoms with Crippen LogP contribution in [-0.2, 0) is 0 Å². The van der Waals surface area contributed by atoms with Gasteiger partial charge < -0.3 is 5.43 Å². The molecule has 0 amide bonds. The fraction of sp³-hybridized carbons (Fsp3) is 0.231. The molecule has 0 bridgehead atoms. The Morgan fingerprint density at radius 1 is 1.07 bits per heavy atom. The molecule has 1 aliphatic rings. The highest BCUT2D eigenvalue weighted by atomic mass is 15.3. The third kappa shape index (κ3) is 2.48. The molecule has 2 N–H and O–H groups in total. The molecular formula is C13H16N2. The van der Waals surface area contributed by atoms with Crippen molar-refractivity contribution in [3.05, 3.63) is 48.1 Å². The lowest BCUT2D eigenvalue weighted by Gasteiger charge is -2.09. The number of allylic oxidation sites excluding steroid dienone is 4. The Bertz CT molecular complexity index is 374. The highest BCUT2D eigenvalue weighted by Crippen LogP contribution is 2.22. The van der Waals surface area contributed by atoms with Crippen LogP contribution in [0.25, 0.3) is 5.57 Å². The Hall–Kier alpha value is -1.54. The molecule has 1 aromatic rings. The molecule has 0 atom stereocenters. The minimum Gasteiger partial charge on any atom is -0.322 e. The van der Waals surface area contributed by atoms with Crippen LogP contribution in [0.3, 0.4) is 0 Å². The van der Waals surface area contributed by atoms with Crippen LogP contribution in [0.2, 0.25) is 0 Å². The summed E-state index contributed by atoms with van der Waals surface area (Å²) in [5.41, 5.74) is 9.66. The van der Waals surface area contributed by atoms with E-state index >= 15 is 0 Å². The largest absolute Gasteiger partial charge is 0.322 e. The molecule has 0 aromatic heterocycles. The molecule has 2 rings (SSSR count). The Morgan fingerprint density at radius 3 is 2.47 bits per heavy atom. The summed E-state index contributed by atoms with van der Waals surface area (Å²) in [5.74, 6) is 0. The van der Waals surface area contributed by atoms with Gasteiger partial charge in [-0.25, -0.2) is 5.43 Å². The SMILES string of the molecule is CNNc1ccc(C2=CCCC=C2)cc1. The van der Waals surface area contributed by atoms with E-state index in [1.54, 1.807) is 0 Å². The van der Waals surface area contributed by atoms with E-state index in [9.17, 15) is 0 Å². The molecule has 0 unspecified atom stereocenters. The maximum absolute atomic E-state index is 3.05. The normalized spacial score (nSPS) is 14.9. The van der Waals surface area contributed by atoms with Gasteiger partial charge in [0.2, 0.25) is 0 Å². The number of nitrogens with one attached hydrogen (secondary N) is 2. The molecule has 0 heterocycles. The minimum atomic E-state index is 1.08. The summed E-state index contributed by atoms with van der Waals surface area (Å²) in [4.78, 5) is 0. The predicted octanol–water partition coefficient (Wildman–Crippen LogP) is 2.97. The summed E-state index contributed by atoms with van der Waals surface area (Å²) in [6.45, 7) is 0. The molecule has 2 heteroatoms. The summed E-state index contributed by atoms with van der Waals surface area (Å²) in [6.07, 6.45) is 9.05. The van der Waals surface area contributed by atoms with Gasteiger partial charge in [0.05, 0.1) is 0 Å². The van der Waals surface area contributed by atoms with E-state index in [0.29, 0.717) is 0 Å². The summed E-state index contributed by atoms with van der Waals surface area (Å²) < 4.78 is 0. The van der Waals surface area contributed by atoms with Crippen LogP contribution in [-0.4, -0.2) is 7.05 Å². The summed E-state index contributed by atoms with van der Waals surface area (Å²) in [5, 5.41) is 0. The molecule has 0 saturated carbocycles. The first kappa shape index (κ1) is 9.99. The fourth-order valence-corrected chi connectivity index (χ4v) is 1.72. The van der Waals surface area contributed by atoms with Crippen molar-refractivity contribution in [1.82, 2.24) is 5.43 Å². The average molecular weight is 200 g/mol. The summed E-state index contributed by atoms with van der Waals surface area (Å²) in [7, 11) is 1.86. The summed E-state index contributed by atoms with van der Waals surface area (Å²) in [6, 6.07) is 8.44. The molecule has 1 aliphatic carbocycles. The number of anilines is 1. The van der Waals surface area contributed by atoms with Crippen molar-refractivity contribution in [2.75, 3.05) is 12.5 Å². The van der Waals surface area contributed by atoms with Gasteiger partial charge in [0.1, 0.15) is 0 Å². The molecule has 0 spiro atoms. The zero-order valence-electron chi connectivity index (χ0n) is 8.96. The van der Waals surface area contributed by atoms with Crippen molar-refractivity contribution in [2.24, 2.45) is 0 Å². The second-order valence-corrected chi connectivity index (χ2v) is 3.59. The summed E-state index contributed by atoms with van der Waals surface area (Å²) >= 11 is 0. The van der Waals surface area contributed by atoms with E-state index in [2.05, 4.69) is 53.3 Å². The molecule has 15 heavy (non-hydrogen) atoms. The van der Waals surface area contributed by atoms with E-state index in [1.807, 2.05) is 7.05 Å². The Balaban J connectivity index is 2.16. The van der Waals surface area contributed by atoms with Crippen LogP contribution < -0.4 is 10.9 Å². The van der Waals surface area contributed by atoms with Crippen molar-refractivity contribution < 1.29 is 0 Å². The lowest BCUT2D eigenvalue weighted by molar-refractivity contribution is 0.984. The van der Waals surface area contributed by atoms with Gasteiger partial charge in [-0.05, 0) is 36.1 Å². The average Bonchev–Trinajstić information content (AvgIpc) is 2.32. The number of benzene rings is 1. The smallest absolute Gasteiger partial charge is 0.0487 e. The van der Waals surface area contributed by atoms with Gasteiger partial charge in [-0.3, -0.25) is 0 Å². The number of hydrogen-bond acceptors (Lipinski definition) is 2. The van der Waals surface area contributed by atoms with Gasteiger partial charge in [-0.2, -0.15) is 0 Å². The van der Waals surface area contributed by atoms with E-state index in [4.69, 9.17) is 0 Å². The first-order chi connectivity index (χ1) is 7.40. The number of hydrazine groups is 1. The van der Waals surface area contributed by atoms with Crippen LogP contribution in [0, 0.1) is 0 Å². The van der Waals surface area contributed by atoms with Crippen LogP contribution in [0.15, 0.2) is 42.5 Å². The molecule has 78 valence electrons. The molecule has 0 radical (unpaired) electrons. The number of hydrogen-bond donors (Lipinski definition) is 2. The van der Waals surface area contributed by atoms with Crippen molar-refractivity contribution in [2.45, 2.75) is 12.8 Å². The van der Waals surface area contributed by atoms with E-state index in [-0.39, 0.29) is 0 Å². The third-order valence-corrected chi connectivity index (χ3v) is 2.48. The van der Waals surface area contributed by atoms with Gasteiger partial charge in [0.15, 0.2) is 0 Å². The lowest BCUT2D eigenvalue weighted by atomic mass is 9.99. The third-order valence-electron chi connectivity index (χ3n) is 2.48. The van der Waals surface area contributed by atoms with Gasteiger partial charge >= 0.3 is 0 Å². The highest BCUT2D eigenvalue weighted by Gasteiger charge is 2.00. The first-order valence-corrected chi connectivity index (χ1v) is 5.30.